The summed E-state index contributed by atoms with van der Waals surface area (Å²) in [5, 5.41) is 0. The lowest BCUT2D eigenvalue weighted by Crippen LogP contribution is -2.08. The Morgan fingerprint density at radius 2 is 1.44 bits per heavy atom. The largest absolute Gasteiger partial charge is 0.381 e. The van der Waals surface area contributed by atoms with Crippen molar-refractivity contribution in [3.63, 3.8) is 0 Å². The molecule has 0 aromatic carbocycles. The topological polar surface area (TPSA) is 9.23 Å². The zero-order chi connectivity index (χ0) is 12.1. The predicted octanol–water partition coefficient (Wildman–Crippen LogP) is 5.19. The minimum absolute atomic E-state index is 0.801. The smallest absolute Gasteiger partial charge is 0.0494 e. The molecule has 0 rings (SSSR count). The molecular formula is C15H32O. The molecule has 0 aliphatic rings. The molecule has 0 amide bonds. The molecular weight excluding hydrogens is 196 g/mol. The summed E-state index contributed by atoms with van der Waals surface area (Å²) in [5.41, 5.74) is 0. The van der Waals surface area contributed by atoms with E-state index in [0.717, 1.165) is 19.1 Å². The van der Waals surface area contributed by atoms with E-state index in [1.165, 1.54) is 57.8 Å². The van der Waals surface area contributed by atoms with Crippen molar-refractivity contribution in [3.05, 3.63) is 0 Å². The first-order chi connectivity index (χ1) is 7.85. The minimum atomic E-state index is 0.801. The van der Waals surface area contributed by atoms with Gasteiger partial charge in [0.05, 0.1) is 0 Å². The molecule has 16 heavy (non-hydrogen) atoms. The van der Waals surface area contributed by atoms with Crippen molar-refractivity contribution in [3.8, 4) is 0 Å². The number of hydrogen-bond donors (Lipinski definition) is 0. The summed E-state index contributed by atoms with van der Waals surface area (Å²) in [5.74, 6) is 0.801. The summed E-state index contributed by atoms with van der Waals surface area (Å²) in [6, 6.07) is 0. The van der Waals surface area contributed by atoms with E-state index in [1.54, 1.807) is 0 Å². The van der Waals surface area contributed by atoms with Crippen LogP contribution in [0.5, 0.6) is 0 Å². The third-order valence-corrected chi connectivity index (χ3v) is 3.35. The Labute approximate surface area is 103 Å². The highest BCUT2D eigenvalue weighted by molar-refractivity contribution is 4.56. The molecule has 0 aliphatic heterocycles. The zero-order valence-electron chi connectivity index (χ0n) is 11.8. The lowest BCUT2D eigenvalue weighted by atomic mass is 9.98. The van der Waals surface area contributed by atoms with Crippen LogP contribution < -0.4 is 0 Å². The van der Waals surface area contributed by atoms with E-state index in [2.05, 4.69) is 20.8 Å². The molecule has 0 aromatic heterocycles. The molecule has 1 heteroatoms. The van der Waals surface area contributed by atoms with Gasteiger partial charge >= 0.3 is 0 Å². The van der Waals surface area contributed by atoms with Crippen molar-refractivity contribution < 1.29 is 4.74 Å². The van der Waals surface area contributed by atoms with Crippen LogP contribution in [-0.4, -0.2) is 13.2 Å². The number of ether oxygens (including phenoxy) is 1. The fourth-order valence-electron chi connectivity index (χ4n) is 2.08. The molecule has 0 radical (unpaired) electrons. The van der Waals surface area contributed by atoms with Crippen LogP contribution in [0.15, 0.2) is 0 Å². The molecule has 1 atom stereocenters. The Morgan fingerprint density at radius 3 is 2.00 bits per heavy atom. The second kappa shape index (κ2) is 13.0. The molecule has 0 spiro atoms. The van der Waals surface area contributed by atoms with Crippen molar-refractivity contribution in [1.29, 1.82) is 0 Å². The third-order valence-electron chi connectivity index (χ3n) is 3.35. The van der Waals surface area contributed by atoms with Crippen LogP contribution in [0.1, 0.15) is 78.6 Å². The molecule has 0 bridgehead atoms. The maximum Gasteiger partial charge on any atom is 0.0494 e. The first-order valence-electron chi connectivity index (χ1n) is 7.42. The van der Waals surface area contributed by atoms with Crippen LogP contribution in [-0.2, 0) is 4.74 Å². The predicted molar refractivity (Wildman–Crippen MR) is 72.9 cm³/mol. The molecule has 1 unspecified atom stereocenters. The van der Waals surface area contributed by atoms with Gasteiger partial charge < -0.3 is 4.74 Å². The highest BCUT2D eigenvalue weighted by atomic mass is 16.5. The Hall–Kier alpha value is -0.0400. The molecule has 0 heterocycles. The summed E-state index contributed by atoms with van der Waals surface area (Å²) in [6.07, 6.45) is 12.5. The second-order valence-corrected chi connectivity index (χ2v) is 4.84. The lowest BCUT2D eigenvalue weighted by Gasteiger charge is -2.14. The van der Waals surface area contributed by atoms with Crippen LogP contribution >= 0.6 is 0 Å². The monoisotopic (exact) mass is 228 g/mol. The van der Waals surface area contributed by atoms with Crippen molar-refractivity contribution in [2.24, 2.45) is 5.92 Å². The van der Waals surface area contributed by atoms with Crippen LogP contribution in [0.3, 0.4) is 0 Å². The summed E-state index contributed by atoms with van der Waals surface area (Å²) < 4.78 is 5.50. The van der Waals surface area contributed by atoms with Gasteiger partial charge in [0.15, 0.2) is 0 Å². The van der Waals surface area contributed by atoms with Gasteiger partial charge in [-0.1, -0.05) is 65.2 Å². The average molecular weight is 228 g/mol. The minimum Gasteiger partial charge on any atom is -0.381 e. The van der Waals surface area contributed by atoms with Gasteiger partial charge in [-0.3, -0.25) is 0 Å². The van der Waals surface area contributed by atoms with Crippen molar-refractivity contribution in [2.75, 3.05) is 13.2 Å². The highest BCUT2D eigenvalue weighted by Gasteiger charge is 2.05. The van der Waals surface area contributed by atoms with E-state index < -0.39 is 0 Å². The third kappa shape index (κ3) is 10.5. The molecule has 0 aromatic rings. The molecule has 0 saturated carbocycles. The van der Waals surface area contributed by atoms with Gasteiger partial charge in [0.1, 0.15) is 0 Å². The second-order valence-electron chi connectivity index (χ2n) is 4.84. The van der Waals surface area contributed by atoms with Crippen LogP contribution in [0.25, 0.3) is 0 Å². The summed E-state index contributed by atoms with van der Waals surface area (Å²) in [4.78, 5) is 0. The average Bonchev–Trinajstić information content (AvgIpc) is 2.32. The Morgan fingerprint density at radius 1 is 0.812 bits per heavy atom. The summed E-state index contributed by atoms with van der Waals surface area (Å²) in [6.45, 7) is 8.49. The molecule has 0 N–H and O–H groups in total. The normalized spacial score (nSPS) is 12.9. The van der Waals surface area contributed by atoms with E-state index in [-0.39, 0.29) is 0 Å². The molecule has 0 fully saturated rings. The Balaban J connectivity index is 3.20. The Kier molecular flexibility index (Phi) is 13.0. The Bertz CT molecular complexity index is 123. The van der Waals surface area contributed by atoms with Gasteiger partial charge in [-0.25, -0.2) is 0 Å². The van der Waals surface area contributed by atoms with E-state index in [9.17, 15) is 0 Å². The number of unbranched alkanes of at least 4 members (excludes halogenated alkanes) is 6. The number of rotatable bonds is 12. The fourth-order valence-corrected chi connectivity index (χ4v) is 2.08. The van der Waals surface area contributed by atoms with E-state index >= 15 is 0 Å². The molecule has 98 valence electrons. The van der Waals surface area contributed by atoms with Crippen molar-refractivity contribution in [2.45, 2.75) is 78.6 Å². The van der Waals surface area contributed by atoms with Crippen LogP contribution in [0, 0.1) is 5.92 Å². The standard InChI is InChI=1S/C15H32O/c1-4-7-8-9-10-11-12-13-15(5-2)14-16-6-3/h15H,4-14H2,1-3H3. The van der Waals surface area contributed by atoms with Gasteiger partial charge in [0, 0.05) is 13.2 Å². The zero-order valence-corrected chi connectivity index (χ0v) is 11.8. The fraction of sp³-hybridized carbons (Fsp3) is 1.00. The maximum atomic E-state index is 5.50. The van der Waals surface area contributed by atoms with Crippen LogP contribution in [0.2, 0.25) is 0 Å². The van der Waals surface area contributed by atoms with Gasteiger partial charge in [-0.2, -0.15) is 0 Å². The van der Waals surface area contributed by atoms with Gasteiger partial charge in [0.25, 0.3) is 0 Å². The first-order valence-corrected chi connectivity index (χ1v) is 7.42. The summed E-state index contributed by atoms with van der Waals surface area (Å²) in [7, 11) is 0. The summed E-state index contributed by atoms with van der Waals surface area (Å²) >= 11 is 0. The van der Waals surface area contributed by atoms with Gasteiger partial charge in [0.2, 0.25) is 0 Å². The SMILES string of the molecule is CCCCCCCCCC(CC)COCC. The van der Waals surface area contributed by atoms with Gasteiger partial charge in [-0.05, 0) is 19.3 Å². The van der Waals surface area contributed by atoms with E-state index in [1.807, 2.05) is 0 Å². The highest BCUT2D eigenvalue weighted by Crippen LogP contribution is 2.15. The maximum absolute atomic E-state index is 5.50. The molecule has 0 saturated heterocycles. The van der Waals surface area contributed by atoms with E-state index in [0.29, 0.717) is 0 Å². The van der Waals surface area contributed by atoms with Gasteiger partial charge in [-0.15, -0.1) is 0 Å². The molecule has 1 nitrogen and oxygen atoms in total. The lowest BCUT2D eigenvalue weighted by molar-refractivity contribution is 0.104. The molecule has 0 aliphatic carbocycles. The van der Waals surface area contributed by atoms with Crippen molar-refractivity contribution >= 4 is 0 Å². The van der Waals surface area contributed by atoms with E-state index in [4.69, 9.17) is 4.74 Å². The first kappa shape index (κ1) is 16.0. The quantitative estimate of drug-likeness (QED) is 0.418. The van der Waals surface area contributed by atoms with Crippen LogP contribution in [0.4, 0.5) is 0 Å². The number of hydrogen-bond acceptors (Lipinski definition) is 1. The van der Waals surface area contributed by atoms with Crippen molar-refractivity contribution in [1.82, 2.24) is 0 Å².